The van der Waals surface area contributed by atoms with Gasteiger partial charge >= 0.3 is 0 Å². The van der Waals surface area contributed by atoms with Gasteiger partial charge in [0.1, 0.15) is 5.69 Å². The molecular formula is C11H13N3O3. The van der Waals surface area contributed by atoms with Crippen LogP contribution < -0.4 is 10.2 Å². The lowest BCUT2D eigenvalue weighted by Crippen LogP contribution is -2.29. The Kier molecular flexibility index (Phi) is 2.71. The van der Waals surface area contributed by atoms with E-state index in [0.717, 1.165) is 0 Å². The Balaban J connectivity index is 2.60. The monoisotopic (exact) mass is 235 g/mol. The van der Waals surface area contributed by atoms with E-state index < -0.39 is 4.92 Å². The second kappa shape index (κ2) is 4.04. The van der Waals surface area contributed by atoms with Crippen LogP contribution in [-0.2, 0) is 4.79 Å². The number of carbonyl (C=O) groups excluding carboxylic acids is 1. The molecule has 2 rings (SSSR count). The molecule has 0 aliphatic carbocycles. The van der Waals surface area contributed by atoms with E-state index in [1.807, 2.05) is 18.9 Å². The van der Waals surface area contributed by atoms with E-state index >= 15 is 0 Å². The number of amides is 1. The molecule has 0 aromatic heterocycles. The minimum atomic E-state index is -0.483. The maximum Gasteiger partial charge on any atom is 0.294 e. The summed E-state index contributed by atoms with van der Waals surface area (Å²) in [5, 5.41) is 13.5. The number of hydrogen-bond acceptors (Lipinski definition) is 4. The molecule has 6 nitrogen and oxygen atoms in total. The highest BCUT2D eigenvalue weighted by molar-refractivity contribution is 5.99. The van der Waals surface area contributed by atoms with Crippen LogP contribution in [0.2, 0.25) is 0 Å². The van der Waals surface area contributed by atoms with Gasteiger partial charge in [-0.1, -0.05) is 6.07 Å². The fourth-order valence-electron chi connectivity index (χ4n) is 1.94. The largest absolute Gasteiger partial charge is 0.369 e. The van der Waals surface area contributed by atoms with Crippen molar-refractivity contribution >= 4 is 23.0 Å². The Morgan fingerprint density at radius 3 is 2.88 bits per heavy atom. The molecule has 0 saturated carbocycles. The highest BCUT2D eigenvalue weighted by Crippen LogP contribution is 2.37. The minimum Gasteiger partial charge on any atom is -0.369 e. The van der Waals surface area contributed by atoms with E-state index in [9.17, 15) is 14.9 Å². The number of anilines is 2. The lowest BCUT2D eigenvalue weighted by molar-refractivity contribution is -0.383. The molecule has 90 valence electrons. The van der Waals surface area contributed by atoms with E-state index in [4.69, 9.17) is 0 Å². The summed E-state index contributed by atoms with van der Waals surface area (Å²) in [5.74, 6) is -0.197. The lowest BCUT2D eigenvalue weighted by Gasteiger charge is -2.24. The molecule has 1 unspecified atom stereocenters. The molecule has 1 heterocycles. The number of fused-ring (bicyclic) bond motifs is 1. The Bertz CT molecular complexity index is 487. The zero-order chi connectivity index (χ0) is 12.6. The first kappa shape index (κ1) is 11.4. The number of carbonyl (C=O) groups is 1. The predicted molar refractivity (Wildman–Crippen MR) is 64.2 cm³/mol. The van der Waals surface area contributed by atoms with Crippen LogP contribution in [0.25, 0.3) is 0 Å². The Labute approximate surface area is 98.4 Å². The van der Waals surface area contributed by atoms with E-state index in [-0.39, 0.29) is 23.3 Å². The van der Waals surface area contributed by atoms with Crippen LogP contribution >= 0.6 is 0 Å². The van der Waals surface area contributed by atoms with Crippen molar-refractivity contribution in [2.24, 2.45) is 0 Å². The molecular weight excluding hydrogens is 222 g/mol. The smallest absolute Gasteiger partial charge is 0.294 e. The average molecular weight is 235 g/mol. The van der Waals surface area contributed by atoms with Crippen molar-refractivity contribution in [1.82, 2.24) is 0 Å². The molecule has 1 aliphatic rings. The molecule has 0 saturated heterocycles. The molecule has 1 atom stereocenters. The molecule has 17 heavy (non-hydrogen) atoms. The van der Waals surface area contributed by atoms with E-state index in [1.165, 1.54) is 6.07 Å². The van der Waals surface area contributed by atoms with Crippen LogP contribution in [0.15, 0.2) is 18.2 Å². The van der Waals surface area contributed by atoms with E-state index in [2.05, 4.69) is 5.32 Å². The van der Waals surface area contributed by atoms with E-state index in [0.29, 0.717) is 12.1 Å². The molecule has 0 spiro atoms. The van der Waals surface area contributed by atoms with Crippen LogP contribution in [0.1, 0.15) is 13.3 Å². The van der Waals surface area contributed by atoms with Gasteiger partial charge in [-0.15, -0.1) is 0 Å². The minimum absolute atomic E-state index is 0.0123. The summed E-state index contributed by atoms with van der Waals surface area (Å²) in [4.78, 5) is 23.9. The maximum absolute atomic E-state index is 11.6. The third-order valence-electron chi connectivity index (χ3n) is 3.00. The number of nitrogens with zero attached hydrogens (tertiary/aromatic N) is 2. The van der Waals surface area contributed by atoms with Crippen LogP contribution in [0, 0.1) is 10.1 Å². The molecule has 0 bridgehead atoms. The topological polar surface area (TPSA) is 75.5 Å². The normalized spacial score (nSPS) is 19.3. The van der Waals surface area contributed by atoms with Gasteiger partial charge in [0, 0.05) is 25.6 Å². The number of hydrogen-bond donors (Lipinski definition) is 1. The zero-order valence-electron chi connectivity index (χ0n) is 9.64. The molecule has 0 radical (unpaired) electrons. The highest BCUT2D eigenvalue weighted by Gasteiger charge is 2.27. The van der Waals surface area contributed by atoms with Crippen molar-refractivity contribution in [2.75, 3.05) is 17.3 Å². The summed E-state index contributed by atoms with van der Waals surface area (Å²) < 4.78 is 0. The van der Waals surface area contributed by atoms with Crippen molar-refractivity contribution in [1.29, 1.82) is 0 Å². The molecule has 1 N–H and O–H groups in total. The zero-order valence-corrected chi connectivity index (χ0v) is 9.64. The van der Waals surface area contributed by atoms with Gasteiger partial charge < -0.3 is 10.2 Å². The number of nitrogens with one attached hydrogen (secondary N) is 1. The molecule has 1 amide bonds. The molecule has 1 aliphatic heterocycles. The molecule has 1 aromatic rings. The first-order valence-electron chi connectivity index (χ1n) is 5.31. The number of benzene rings is 1. The van der Waals surface area contributed by atoms with E-state index in [1.54, 1.807) is 12.1 Å². The van der Waals surface area contributed by atoms with Gasteiger partial charge in [-0.3, -0.25) is 14.9 Å². The van der Waals surface area contributed by atoms with Gasteiger partial charge in [0.25, 0.3) is 5.69 Å². The van der Waals surface area contributed by atoms with Gasteiger partial charge in [0.15, 0.2) is 0 Å². The predicted octanol–water partition coefficient (Wildman–Crippen LogP) is 1.76. The molecule has 6 heteroatoms. The number of rotatable bonds is 1. The quantitative estimate of drug-likeness (QED) is 0.594. The molecule has 1 aromatic carbocycles. The number of para-hydroxylation sites is 1. The van der Waals surface area contributed by atoms with Crippen molar-refractivity contribution in [3.05, 3.63) is 28.3 Å². The van der Waals surface area contributed by atoms with Crippen molar-refractivity contribution in [3.8, 4) is 0 Å². The summed E-state index contributed by atoms with van der Waals surface area (Å²) in [6, 6.07) is 4.80. The SMILES string of the molecule is CC1CC(=O)Nc2c(cccc2[N+](=O)[O-])N1C. The lowest BCUT2D eigenvalue weighted by atomic mass is 10.2. The number of nitro groups is 1. The van der Waals surface area contributed by atoms with Gasteiger partial charge in [-0.2, -0.15) is 0 Å². The highest BCUT2D eigenvalue weighted by atomic mass is 16.6. The van der Waals surface area contributed by atoms with Gasteiger partial charge in [-0.25, -0.2) is 0 Å². The van der Waals surface area contributed by atoms with Crippen molar-refractivity contribution in [3.63, 3.8) is 0 Å². The third-order valence-corrected chi connectivity index (χ3v) is 3.00. The fourth-order valence-corrected chi connectivity index (χ4v) is 1.94. The molecule has 0 fully saturated rings. The average Bonchev–Trinajstić information content (AvgIpc) is 2.37. The first-order chi connectivity index (χ1) is 8.00. The van der Waals surface area contributed by atoms with Gasteiger partial charge in [0.2, 0.25) is 5.91 Å². The Hall–Kier alpha value is -2.11. The summed E-state index contributed by atoms with van der Waals surface area (Å²) in [5.41, 5.74) is 0.892. The third kappa shape index (κ3) is 1.93. The number of nitro benzene ring substituents is 1. The summed E-state index contributed by atoms with van der Waals surface area (Å²) in [6.45, 7) is 1.91. The van der Waals surface area contributed by atoms with Crippen molar-refractivity contribution in [2.45, 2.75) is 19.4 Å². The fraction of sp³-hybridized carbons (Fsp3) is 0.364. The van der Waals surface area contributed by atoms with Crippen LogP contribution in [0.4, 0.5) is 17.1 Å². The second-order valence-electron chi connectivity index (χ2n) is 4.14. The van der Waals surface area contributed by atoms with Crippen LogP contribution in [-0.4, -0.2) is 23.9 Å². The van der Waals surface area contributed by atoms with Crippen LogP contribution in [0.3, 0.4) is 0 Å². The standard InChI is InChI=1S/C11H13N3O3/c1-7-6-10(15)12-11-8(13(7)2)4-3-5-9(11)14(16)17/h3-5,7H,6H2,1-2H3,(H,12,15). The Morgan fingerprint density at radius 1 is 1.53 bits per heavy atom. The Morgan fingerprint density at radius 2 is 2.24 bits per heavy atom. The summed E-state index contributed by atoms with van der Waals surface area (Å²) in [6.07, 6.45) is 0.322. The van der Waals surface area contributed by atoms with Crippen LogP contribution in [0.5, 0.6) is 0 Å². The summed E-state index contributed by atoms with van der Waals surface area (Å²) in [7, 11) is 1.83. The van der Waals surface area contributed by atoms with Gasteiger partial charge in [0.05, 0.1) is 10.6 Å². The van der Waals surface area contributed by atoms with Crippen molar-refractivity contribution < 1.29 is 9.72 Å². The maximum atomic E-state index is 11.6. The second-order valence-corrected chi connectivity index (χ2v) is 4.14. The van der Waals surface area contributed by atoms with Gasteiger partial charge in [-0.05, 0) is 13.0 Å². The first-order valence-corrected chi connectivity index (χ1v) is 5.31. The summed E-state index contributed by atoms with van der Waals surface area (Å²) >= 11 is 0.